The van der Waals surface area contributed by atoms with Gasteiger partial charge in [-0.1, -0.05) is 0 Å². The van der Waals surface area contributed by atoms with Gasteiger partial charge in [-0.2, -0.15) is 0 Å². The molecular weight excluding hydrogens is 236 g/mol. The minimum absolute atomic E-state index is 0.0718. The fourth-order valence-electron chi connectivity index (χ4n) is 1.18. The van der Waals surface area contributed by atoms with E-state index in [1.54, 1.807) is 12.4 Å². The Morgan fingerprint density at radius 3 is 3.08 bits per heavy atom. The van der Waals surface area contributed by atoms with Crippen LogP contribution in [0.5, 0.6) is 0 Å². The van der Waals surface area contributed by atoms with E-state index in [9.17, 15) is 4.79 Å². The number of nitrogens with one attached hydrogen (secondary N) is 1. The van der Waals surface area contributed by atoms with Gasteiger partial charge in [0, 0.05) is 16.9 Å². The number of nitrogens with zero attached hydrogens (tertiary/aromatic N) is 1. The summed E-state index contributed by atoms with van der Waals surface area (Å²) in [7, 11) is 0. The third kappa shape index (κ3) is 1.80. The van der Waals surface area contributed by atoms with E-state index in [0.717, 1.165) is 10.0 Å². The monoisotopic (exact) mass is 242 g/mol. The van der Waals surface area contributed by atoms with Crippen LogP contribution in [0.4, 0.5) is 4.79 Å². The summed E-state index contributed by atoms with van der Waals surface area (Å²) >= 11 is 3.31. The summed E-state index contributed by atoms with van der Waals surface area (Å²) in [6.07, 6.45) is 3.04. The van der Waals surface area contributed by atoms with Crippen molar-refractivity contribution in [2.45, 2.75) is 6.04 Å². The number of carbonyl (C=O) groups is 1. The van der Waals surface area contributed by atoms with Crippen LogP contribution in [0.2, 0.25) is 0 Å². The molecule has 0 spiro atoms. The van der Waals surface area contributed by atoms with E-state index in [1.807, 2.05) is 6.07 Å². The molecule has 0 radical (unpaired) electrons. The molecule has 2 heterocycles. The standard InChI is InChI=1S/C8H7BrN2O2/c9-6-1-5(2-10-3-6)7-4-13-8(12)11-7/h1-3,7H,4H2,(H,11,12)/t7-/m1/s1. The number of ether oxygens (including phenoxy) is 1. The first-order valence-corrected chi connectivity index (χ1v) is 4.59. The zero-order valence-corrected chi connectivity index (χ0v) is 8.24. The molecular formula is C8H7BrN2O2. The highest BCUT2D eigenvalue weighted by molar-refractivity contribution is 9.10. The number of pyridine rings is 1. The summed E-state index contributed by atoms with van der Waals surface area (Å²) in [5.41, 5.74) is 0.945. The van der Waals surface area contributed by atoms with Crippen LogP contribution in [0.1, 0.15) is 11.6 Å². The molecule has 4 nitrogen and oxygen atoms in total. The van der Waals surface area contributed by atoms with Gasteiger partial charge in [0.15, 0.2) is 0 Å². The summed E-state index contributed by atoms with van der Waals surface area (Å²) in [5, 5.41) is 2.68. The largest absolute Gasteiger partial charge is 0.447 e. The maximum Gasteiger partial charge on any atom is 0.407 e. The van der Waals surface area contributed by atoms with Crippen LogP contribution in [0.3, 0.4) is 0 Å². The SMILES string of the molecule is O=C1N[C@@H](c2cncc(Br)c2)CO1. The topological polar surface area (TPSA) is 51.2 Å². The van der Waals surface area contributed by atoms with Crippen LogP contribution in [0, 0.1) is 0 Å². The molecule has 1 aliphatic rings. The maximum atomic E-state index is 10.7. The van der Waals surface area contributed by atoms with E-state index in [0.29, 0.717) is 6.61 Å². The van der Waals surface area contributed by atoms with Gasteiger partial charge in [-0.05, 0) is 27.6 Å². The Kier molecular flexibility index (Phi) is 2.18. The Morgan fingerprint density at radius 2 is 2.46 bits per heavy atom. The molecule has 1 atom stereocenters. The van der Waals surface area contributed by atoms with Crippen molar-refractivity contribution < 1.29 is 9.53 Å². The predicted molar refractivity (Wildman–Crippen MR) is 49.2 cm³/mol. The Labute approximate surface area is 83.4 Å². The molecule has 13 heavy (non-hydrogen) atoms. The zero-order chi connectivity index (χ0) is 9.26. The van der Waals surface area contributed by atoms with Crippen molar-refractivity contribution in [3.63, 3.8) is 0 Å². The molecule has 2 rings (SSSR count). The van der Waals surface area contributed by atoms with Crippen LogP contribution in [0.25, 0.3) is 0 Å². The number of cyclic esters (lactones) is 1. The highest BCUT2D eigenvalue weighted by atomic mass is 79.9. The molecule has 1 aromatic heterocycles. The molecule has 0 unspecified atom stereocenters. The molecule has 0 aromatic carbocycles. The number of carbonyl (C=O) groups excluding carboxylic acids is 1. The molecule has 1 aliphatic heterocycles. The summed E-state index contributed by atoms with van der Waals surface area (Å²) in [6, 6.07) is 1.84. The average Bonchev–Trinajstić information content (AvgIpc) is 2.52. The predicted octanol–water partition coefficient (Wildman–Crippen LogP) is 1.63. The normalized spacial score (nSPS) is 21.0. The molecule has 1 aromatic rings. The third-order valence-corrected chi connectivity index (χ3v) is 2.24. The van der Waals surface area contributed by atoms with Gasteiger partial charge in [0.25, 0.3) is 0 Å². The number of hydrogen-bond acceptors (Lipinski definition) is 3. The first kappa shape index (κ1) is 8.50. The number of halogens is 1. The van der Waals surface area contributed by atoms with Crippen LogP contribution in [0.15, 0.2) is 22.9 Å². The number of rotatable bonds is 1. The molecule has 68 valence electrons. The van der Waals surface area contributed by atoms with Crippen LogP contribution < -0.4 is 5.32 Å². The molecule has 0 saturated carbocycles. The van der Waals surface area contributed by atoms with E-state index in [2.05, 4.69) is 26.2 Å². The Morgan fingerprint density at radius 1 is 1.62 bits per heavy atom. The van der Waals surface area contributed by atoms with Crippen molar-refractivity contribution in [3.05, 3.63) is 28.5 Å². The Hall–Kier alpha value is -1.10. The molecule has 0 bridgehead atoms. The molecule has 1 amide bonds. The highest BCUT2D eigenvalue weighted by Crippen LogP contribution is 2.19. The van der Waals surface area contributed by atoms with Gasteiger partial charge in [-0.15, -0.1) is 0 Å². The van der Waals surface area contributed by atoms with Gasteiger partial charge in [0.2, 0.25) is 0 Å². The van der Waals surface area contributed by atoms with Gasteiger partial charge in [0.1, 0.15) is 6.61 Å². The van der Waals surface area contributed by atoms with Crippen LogP contribution in [-0.4, -0.2) is 17.7 Å². The first-order valence-electron chi connectivity index (χ1n) is 3.79. The molecule has 1 N–H and O–H groups in total. The number of aromatic nitrogens is 1. The summed E-state index contributed by atoms with van der Waals surface area (Å²) in [6.45, 7) is 0.372. The fraction of sp³-hybridized carbons (Fsp3) is 0.250. The zero-order valence-electron chi connectivity index (χ0n) is 6.66. The van der Waals surface area contributed by atoms with Crippen molar-refractivity contribution in [2.24, 2.45) is 0 Å². The molecule has 0 aliphatic carbocycles. The van der Waals surface area contributed by atoms with Gasteiger partial charge >= 0.3 is 6.09 Å². The van der Waals surface area contributed by atoms with Gasteiger partial charge < -0.3 is 10.1 Å². The van der Waals surface area contributed by atoms with E-state index < -0.39 is 0 Å². The summed E-state index contributed by atoms with van der Waals surface area (Å²) in [4.78, 5) is 14.7. The smallest absolute Gasteiger partial charge is 0.407 e. The lowest BCUT2D eigenvalue weighted by atomic mass is 10.1. The van der Waals surface area contributed by atoms with Crippen LogP contribution >= 0.6 is 15.9 Å². The minimum atomic E-state index is -0.370. The van der Waals surface area contributed by atoms with E-state index in [4.69, 9.17) is 4.74 Å². The molecule has 5 heteroatoms. The van der Waals surface area contributed by atoms with E-state index in [1.165, 1.54) is 0 Å². The molecule has 1 fully saturated rings. The van der Waals surface area contributed by atoms with Gasteiger partial charge in [-0.3, -0.25) is 4.98 Å². The van der Waals surface area contributed by atoms with E-state index in [-0.39, 0.29) is 12.1 Å². The van der Waals surface area contributed by atoms with Gasteiger partial charge in [-0.25, -0.2) is 4.79 Å². The Balaban J connectivity index is 2.21. The lowest BCUT2D eigenvalue weighted by Crippen LogP contribution is -2.18. The summed E-state index contributed by atoms with van der Waals surface area (Å²) < 4.78 is 5.66. The number of alkyl carbamates (subject to hydrolysis) is 1. The van der Waals surface area contributed by atoms with Crippen molar-refractivity contribution in [2.75, 3.05) is 6.61 Å². The number of amides is 1. The number of hydrogen-bond donors (Lipinski definition) is 1. The lowest BCUT2D eigenvalue weighted by molar-refractivity contribution is 0.177. The maximum absolute atomic E-state index is 10.7. The lowest BCUT2D eigenvalue weighted by Gasteiger charge is -2.06. The second kappa shape index (κ2) is 3.33. The second-order valence-corrected chi connectivity index (χ2v) is 3.65. The third-order valence-electron chi connectivity index (χ3n) is 1.80. The van der Waals surface area contributed by atoms with Crippen molar-refractivity contribution in [3.8, 4) is 0 Å². The second-order valence-electron chi connectivity index (χ2n) is 2.73. The summed E-state index contributed by atoms with van der Waals surface area (Å²) in [5.74, 6) is 0. The molecule has 1 saturated heterocycles. The fourth-order valence-corrected chi connectivity index (χ4v) is 1.57. The highest BCUT2D eigenvalue weighted by Gasteiger charge is 2.23. The van der Waals surface area contributed by atoms with Gasteiger partial charge in [0.05, 0.1) is 6.04 Å². The van der Waals surface area contributed by atoms with Crippen molar-refractivity contribution in [1.29, 1.82) is 0 Å². The average molecular weight is 243 g/mol. The van der Waals surface area contributed by atoms with Crippen molar-refractivity contribution >= 4 is 22.0 Å². The van der Waals surface area contributed by atoms with Crippen LogP contribution in [-0.2, 0) is 4.74 Å². The Bertz CT molecular complexity index is 343. The first-order chi connectivity index (χ1) is 6.25. The minimum Gasteiger partial charge on any atom is -0.447 e. The quantitative estimate of drug-likeness (QED) is 0.815. The van der Waals surface area contributed by atoms with E-state index >= 15 is 0 Å². The van der Waals surface area contributed by atoms with Crippen molar-refractivity contribution in [1.82, 2.24) is 10.3 Å².